The van der Waals surface area contributed by atoms with Crippen molar-refractivity contribution in [3.63, 3.8) is 0 Å². The Kier molecular flexibility index (Phi) is 7.11. The van der Waals surface area contributed by atoms with Crippen molar-refractivity contribution in [1.29, 1.82) is 0 Å². The Morgan fingerprint density at radius 3 is 2.55 bits per heavy atom. The molecule has 2 unspecified atom stereocenters. The topological polar surface area (TPSA) is 69.7 Å². The lowest BCUT2D eigenvalue weighted by molar-refractivity contribution is -0.124. The molecule has 2 aliphatic heterocycles. The van der Waals surface area contributed by atoms with Gasteiger partial charge in [-0.2, -0.15) is 4.31 Å². The molecule has 2 aromatic rings. The number of sulfonamides is 1. The Labute approximate surface area is 189 Å². The van der Waals surface area contributed by atoms with Gasteiger partial charge in [0.25, 0.3) is 10.0 Å². The van der Waals surface area contributed by atoms with Crippen LogP contribution in [0.5, 0.6) is 0 Å². The maximum Gasteiger partial charge on any atom is 0.253 e. The second-order valence-electron chi connectivity index (χ2n) is 8.72. The Morgan fingerprint density at radius 1 is 1.10 bits per heavy atom. The molecule has 0 aliphatic carbocycles. The van der Waals surface area contributed by atoms with E-state index in [1.807, 2.05) is 0 Å². The van der Waals surface area contributed by atoms with Crippen LogP contribution in [0.15, 0.2) is 46.0 Å². The van der Waals surface area contributed by atoms with Crippen molar-refractivity contribution in [3.8, 4) is 0 Å². The standard InChI is InChI=1S/C23H31N3O3S2/c1-18-5-2-12-25(16-18)17-20-10-8-19(9-11-20)15-24-23(27)21-6-3-13-26(21)31(28,29)22-7-4-14-30-22/h4,7-11,14,18,21H,2-3,5-6,12-13,15-17H2,1H3,(H,24,27). The summed E-state index contributed by atoms with van der Waals surface area (Å²) in [6.45, 7) is 6.40. The first kappa shape index (κ1) is 22.5. The molecular weight excluding hydrogens is 430 g/mol. The average molecular weight is 462 g/mol. The third-order valence-corrected chi connectivity index (χ3v) is 9.48. The van der Waals surface area contributed by atoms with Gasteiger partial charge in [-0.1, -0.05) is 37.3 Å². The fourth-order valence-corrected chi connectivity index (χ4v) is 7.35. The molecule has 8 heteroatoms. The monoisotopic (exact) mass is 461 g/mol. The lowest BCUT2D eigenvalue weighted by Crippen LogP contribution is -2.45. The SMILES string of the molecule is CC1CCCN(Cc2ccc(CNC(=O)C3CCCN3S(=O)(=O)c3cccs3)cc2)C1. The lowest BCUT2D eigenvalue weighted by Gasteiger charge is -2.30. The van der Waals surface area contributed by atoms with Crippen LogP contribution in [0.3, 0.4) is 0 Å². The summed E-state index contributed by atoms with van der Waals surface area (Å²) in [6.07, 6.45) is 3.85. The van der Waals surface area contributed by atoms with E-state index in [0.717, 1.165) is 31.1 Å². The molecule has 0 bridgehead atoms. The number of rotatable bonds is 7. The second kappa shape index (κ2) is 9.81. The summed E-state index contributed by atoms with van der Waals surface area (Å²) in [6, 6.07) is 11.0. The van der Waals surface area contributed by atoms with E-state index < -0.39 is 16.1 Å². The molecular formula is C23H31N3O3S2. The largest absolute Gasteiger partial charge is 0.351 e. The fourth-order valence-electron chi connectivity index (χ4n) is 4.57. The second-order valence-corrected chi connectivity index (χ2v) is 11.8. The van der Waals surface area contributed by atoms with Gasteiger partial charge in [0.1, 0.15) is 10.3 Å². The molecule has 1 aromatic heterocycles. The van der Waals surface area contributed by atoms with Gasteiger partial charge < -0.3 is 5.32 Å². The number of nitrogens with one attached hydrogen (secondary N) is 1. The minimum atomic E-state index is -3.61. The number of carbonyl (C=O) groups excluding carboxylic acids is 1. The first-order chi connectivity index (χ1) is 14.9. The maximum atomic E-state index is 12.9. The number of likely N-dealkylation sites (tertiary alicyclic amines) is 1. The number of benzene rings is 1. The van der Waals surface area contributed by atoms with E-state index in [-0.39, 0.29) is 5.91 Å². The van der Waals surface area contributed by atoms with Crippen LogP contribution < -0.4 is 5.32 Å². The van der Waals surface area contributed by atoms with Crippen LogP contribution in [0.4, 0.5) is 0 Å². The predicted octanol–water partition coefficient (Wildman–Crippen LogP) is 3.45. The molecule has 0 saturated carbocycles. The van der Waals surface area contributed by atoms with Gasteiger partial charge in [-0.15, -0.1) is 11.3 Å². The molecule has 2 saturated heterocycles. The van der Waals surface area contributed by atoms with Crippen molar-refractivity contribution in [2.24, 2.45) is 5.92 Å². The molecule has 1 amide bonds. The molecule has 0 spiro atoms. The highest BCUT2D eigenvalue weighted by Gasteiger charge is 2.39. The quantitative estimate of drug-likeness (QED) is 0.686. The number of amides is 1. The molecule has 168 valence electrons. The lowest BCUT2D eigenvalue weighted by atomic mass is 9.99. The zero-order valence-electron chi connectivity index (χ0n) is 18.0. The van der Waals surface area contributed by atoms with Crippen LogP contribution in [-0.4, -0.2) is 49.2 Å². The van der Waals surface area contributed by atoms with E-state index in [9.17, 15) is 13.2 Å². The van der Waals surface area contributed by atoms with E-state index in [0.29, 0.717) is 30.1 Å². The van der Waals surface area contributed by atoms with Gasteiger partial charge in [-0.05, 0) is 60.7 Å². The highest BCUT2D eigenvalue weighted by Crippen LogP contribution is 2.28. The van der Waals surface area contributed by atoms with Gasteiger partial charge in [0.05, 0.1) is 0 Å². The van der Waals surface area contributed by atoms with Crippen molar-refractivity contribution >= 4 is 27.3 Å². The van der Waals surface area contributed by atoms with Crippen LogP contribution in [0.25, 0.3) is 0 Å². The summed E-state index contributed by atoms with van der Waals surface area (Å²) in [5.41, 5.74) is 2.31. The summed E-state index contributed by atoms with van der Waals surface area (Å²) in [5, 5.41) is 4.69. The van der Waals surface area contributed by atoms with Crippen LogP contribution in [0.2, 0.25) is 0 Å². The smallest absolute Gasteiger partial charge is 0.253 e. The van der Waals surface area contributed by atoms with Gasteiger partial charge in [0.2, 0.25) is 5.91 Å². The predicted molar refractivity (Wildman–Crippen MR) is 123 cm³/mol. The minimum Gasteiger partial charge on any atom is -0.351 e. The highest BCUT2D eigenvalue weighted by molar-refractivity contribution is 7.91. The van der Waals surface area contributed by atoms with Crippen molar-refractivity contribution < 1.29 is 13.2 Å². The highest BCUT2D eigenvalue weighted by atomic mass is 32.2. The van der Waals surface area contributed by atoms with Gasteiger partial charge in [-0.25, -0.2) is 8.42 Å². The Balaban J connectivity index is 1.32. The van der Waals surface area contributed by atoms with E-state index >= 15 is 0 Å². The van der Waals surface area contributed by atoms with Gasteiger partial charge >= 0.3 is 0 Å². The summed E-state index contributed by atoms with van der Waals surface area (Å²) >= 11 is 1.19. The molecule has 4 rings (SSSR count). The number of nitrogens with zero attached hydrogens (tertiary/aromatic N) is 2. The number of thiophene rings is 1. The zero-order chi connectivity index (χ0) is 21.8. The van der Waals surface area contributed by atoms with Crippen molar-refractivity contribution in [1.82, 2.24) is 14.5 Å². The summed E-state index contributed by atoms with van der Waals surface area (Å²) in [5.74, 6) is 0.547. The average Bonchev–Trinajstić information content (AvgIpc) is 3.46. The molecule has 2 atom stereocenters. The van der Waals surface area contributed by atoms with Crippen LogP contribution in [0.1, 0.15) is 43.7 Å². The molecule has 2 fully saturated rings. The Hall–Kier alpha value is -1.74. The number of hydrogen-bond acceptors (Lipinski definition) is 5. The van der Waals surface area contributed by atoms with E-state index in [1.54, 1.807) is 17.5 Å². The van der Waals surface area contributed by atoms with E-state index in [1.165, 1.54) is 34.0 Å². The summed E-state index contributed by atoms with van der Waals surface area (Å²) in [7, 11) is -3.61. The van der Waals surface area contributed by atoms with Gasteiger partial charge in [-0.3, -0.25) is 9.69 Å². The first-order valence-corrected chi connectivity index (χ1v) is 13.4. The summed E-state index contributed by atoms with van der Waals surface area (Å²) < 4.78 is 27.4. The molecule has 31 heavy (non-hydrogen) atoms. The Bertz CT molecular complexity index is 974. The van der Waals surface area contributed by atoms with Gasteiger partial charge in [0, 0.05) is 26.2 Å². The Morgan fingerprint density at radius 2 is 1.84 bits per heavy atom. The molecule has 6 nitrogen and oxygen atoms in total. The van der Waals surface area contributed by atoms with Crippen molar-refractivity contribution in [2.45, 2.75) is 55.9 Å². The van der Waals surface area contributed by atoms with Crippen molar-refractivity contribution in [3.05, 3.63) is 52.9 Å². The number of hydrogen-bond donors (Lipinski definition) is 1. The molecule has 1 N–H and O–H groups in total. The molecule has 0 radical (unpaired) electrons. The van der Waals surface area contributed by atoms with Crippen LogP contribution in [-0.2, 0) is 27.9 Å². The van der Waals surface area contributed by atoms with Crippen molar-refractivity contribution in [2.75, 3.05) is 19.6 Å². The van der Waals surface area contributed by atoms with Gasteiger partial charge in [0.15, 0.2) is 0 Å². The first-order valence-electron chi connectivity index (χ1n) is 11.1. The fraction of sp³-hybridized carbons (Fsp3) is 0.522. The maximum absolute atomic E-state index is 12.9. The summed E-state index contributed by atoms with van der Waals surface area (Å²) in [4.78, 5) is 15.3. The van der Waals surface area contributed by atoms with E-state index in [4.69, 9.17) is 0 Å². The minimum absolute atomic E-state index is 0.219. The number of piperidine rings is 1. The molecule has 3 heterocycles. The van der Waals surface area contributed by atoms with E-state index in [2.05, 4.69) is 41.4 Å². The van der Waals surface area contributed by atoms with Crippen LogP contribution in [0, 0.1) is 5.92 Å². The zero-order valence-corrected chi connectivity index (χ0v) is 19.6. The third-order valence-electron chi connectivity index (χ3n) is 6.20. The molecule has 1 aromatic carbocycles. The third kappa shape index (κ3) is 5.37. The normalized spacial score (nSPS) is 23.1. The number of carbonyl (C=O) groups is 1. The molecule has 2 aliphatic rings. The van der Waals surface area contributed by atoms with Crippen LogP contribution >= 0.6 is 11.3 Å².